The summed E-state index contributed by atoms with van der Waals surface area (Å²) in [6.07, 6.45) is 0.663. The number of imide groups is 1. The topological polar surface area (TPSA) is 136 Å². The first-order valence-corrected chi connectivity index (χ1v) is 11.2. The minimum absolute atomic E-state index is 0.104. The SMILES string of the molecule is O=C(COC(=O)[C@H]1CS[C@@]2(c3ccc(F)cc3)CCC(=O)N12)NC(=O)c1cccc([N+](=O)[O-])c1. The van der Waals surface area contributed by atoms with E-state index in [2.05, 4.69) is 0 Å². The molecule has 0 spiro atoms. The number of nitro groups is 1. The van der Waals surface area contributed by atoms with Crippen molar-refractivity contribution in [3.8, 4) is 0 Å². The molecule has 0 saturated carbocycles. The monoisotopic (exact) mass is 487 g/mol. The lowest BCUT2D eigenvalue weighted by atomic mass is 10.0. The van der Waals surface area contributed by atoms with Crippen LogP contribution in [0.25, 0.3) is 0 Å². The van der Waals surface area contributed by atoms with E-state index in [-0.39, 0.29) is 29.3 Å². The summed E-state index contributed by atoms with van der Waals surface area (Å²) in [5.74, 6) is -3.04. The van der Waals surface area contributed by atoms with E-state index in [4.69, 9.17) is 4.74 Å². The fraction of sp³-hybridized carbons (Fsp3) is 0.273. The van der Waals surface area contributed by atoms with Gasteiger partial charge in [-0.15, -0.1) is 11.8 Å². The number of carbonyl (C=O) groups is 4. The molecule has 4 rings (SSSR count). The van der Waals surface area contributed by atoms with Gasteiger partial charge >= 0.3 is 5.97 Å². The molecule has 0 aromatic heterocycles. The van der Waals surface area contributed by atoms with E-state index in [0.29, 0.717) is 12.0 Å². The molecule has 0 radical (unpaired) electrons. The molecule has 10 nitrogen and oxygen atoms in total. The molecule has 2 heterocycles. The van der Waals surface area contributed by atoms with Crippen LogP contribution in [0.4, 0.5) is 10.1 Å². The Kier molecular flexibility index (Phi) is 6.33. The maximum atomic E-state index is 13.4. The van der Waals surface area contributed by atoms with Crippen molar-refractivity contribution in [1.29, 1.82) is 0 Å². The van der Waals surface area contributed by atoms with Crippen molar-refractivity contribution in [3.63, 3.8) is 0 Å². The number of hydrogen-bond acceptors (Lipinski definition) is 8. The standard InChI is InChI=1S/C22H18FN3O7S/c23-15-6-4-14(5-7-15)22-9-8-19(28)25(22)17(12-34-22)21(30)33-11-18(27)24-20(29)13-2-1-3-16(10-13)26(31)32/h1-7,10,17H,8-9,11-12H2,(H,24,27,29)/t17-,22-/m1/s1. The number of nitrogens with zero attached hydrogens (tertiary/aromatic N) is 2. The number of amides is 3. The zero-order valence-electron chi connectivity index (χ0n) is 17.6. The number of ether oxygens (including phenoxy) is 1. The van der Waals surface area contributed by atoms with Crippen molar-refractivity contribution >= 4 is 41.1 Å². The number of non-ortho nitro benzene ring substituents is 1. The molecule has 2 aromatic rings. The molecule has 0 unspecified atom stereocenters. The zero-order valence-corrected chi connectivity index (χ0v) is 18.4. The molecular weight excluding hydrogens is 469 g/mol. The Morgan fingerprint density at radius 1 is 1.24 bits per heavy atom. The Balaban J connectivity index is 1.38. The highest BCUT2D eigenvalue weighted by atomic mass is 32.2. The van der Waals surface area contributed by atoms with Crippen LogP contribution in [-0.2, 0) is 24.0 Å². The number of esters is 1. The van der Waals surface area contributed by atoms with Crippen LogP contribution in [0, 0.1) is 15.9 Å². The Labute approximate surface area is 196 Å². The Hall–Kier alpha value is -3.80. The highest BCUT2D eigenvalue weighted by Gasteiger charge is 2.57. The van der Waals surface area contributed by atoms with Crippen LogP contribution in [0.3, 0.4) is 0 Å². The molecule has 0 bridgehead atoms. The minimum atomic E-state index is -0.940. The number of nitro benzene ring substituents is 1. The number of fused-ring (bicyclic) bond motifs is 1. The highest BCUT2D eigenvalue weighted by Crippen LogP contribution is 2.54. The van der Waals surface area contributed by atoms with Gasteiger partial charge in [-0.05, 0) is 30.2 Å². The van der Waals surface area contributed by atoms with Gasteiger partial charge in [0.1, 0.15) is 16.7 Å². The summed E-state index contributed by atoms with van der Waals surface area (Å²) in [6, 6.07) is 9.61. The predicted octanol–water partition coefficient (Wildman–Crippen LogP) is 2.12. The van der Waals surface area contributed by atoms with Gasteiger partial charge in [0.15, 0.2) is 6.61 Å². The molecule has 2 aliphatic heterocycles. The highest BCUT2D eigenvalue weighted by molar-refractivity contribution is 8.00. The van der Waals surface area contributed by atoms with E-state index >= 15 is 0 Å². The van der Waals surface area contributed by atoms with E-state index in [9.17, 15) is 33.7 Å². The number of thioether (sulfide) groups is 1. The maximum Gasteiger partial charge on any atom is 0.330 e. The van der Waals surface area contributed by atoms with Crippen molar-refractivity contribution < 1.29 is 33.2 Å². The molecular formula is C22H18FN3O7S. The molecule has 176 valence electrons. The molecule has 1 N–H and O–H groups in total. The van der Waals surface area contributed by atoms with E-state index in [1.54, 1.807) is 12.1 Å². The molecule has 2 aliphatic rings. The van der Waals surface area contributed by atoms with Crippen molar-refractivity contribution in [1.82, 2.24) is 10.2 Å². The van der Waals surface area contributed by atoms with Gasteiger partial charge in [0, 0.05) is 29.9 Å². The first kappa shape index (κ1) is 23.4. The lowest BCUT2D eigenvalue weighted by Gasteiger charge is -2.33. The fourth-order valence-electron chi connectivity index (χ4n) is 4.06. The average Bonchev–Trinajstić information content (AvgIpc) is 3.37. The van der Waals surface area contributed by atoms with Crippen molar-refractivity contribution in [2.45, 2.75) is 23.8 Å². The van der Waals surface area contributed by atoms with Crippen LogP contribution < -0.4 is 5.32 Å². The first-order valence-electron chi connectivity index (χ1n) is 10.2. The summed E-state index contributed by atoms with van der Waals surface area (Å²) in [7, 11) is 0. The zero-order chi connectivity index (χ0) is 24.5. The smallest absolute Gasteiger partial charge is 0.330 e. The van der Waals surface area contributed by atoms with Gasteiger partial charge in [-0.1, -0.05) is 18.2 Å². The van der Waals surface area contributed by atoms with Gasteiger partial charge in [0.25, 0.3) is 17.5 Å². The second-order valence-corrected chi connectivity index (χ2v) is 8.97. The minimum Gasteiger partial charge on any atom is -0.454 e. The van der Waals surface area contributed by atoms with Gasteiger partial charge in [-0.3, -0.25) is 29.8 Å². The average molecular weight is 487 g/mol. The third-order valence-corrected chi connectivity index (χ3v) is 7.21. The predicted molar refractivity (Wildman–Crippen MR) is 117 cm³/mol. The molecule has 2 atom stereocenters. The number of benzene rings is 2. The molecule has 3 amide bonds. The van der Waals surface area contributed by atoms with Crippen LogP contribution in [0.5, 0.6) is 0 Å². The van der Waals surface area contributed by atoms with Crippen LogP contribution in [-0.4, -0.2) is 51.9 Å². The van der Waals surface area contributed by atoms with E-state index in [1.165, 1.54) is 47.0 Å². The third-order valence-electron chi connectivity index (χ3n) is 5.61. The van der Waals surface area contributed by atoms with E-state index in [1.807, 2.05) is 5.32 Å². The molecule has 2 fully saturated rings. The van der Waals surface area contributed by atoms with Crippen molar-refractivity contribution in [2.75, 3.05) is 12.4 Å². The summed E-state index contributed by atoms with van der Waals surface area (Å²) < 4.78 is 18.4. The Bertz CT molecular complexity index is 1190. The Morgan fingerprint density at radius 2 is 1.97 bits per heavy atom. The maximum absolute atomic E-state index is 13.4. The number of nitrogens with one attached hydrogen (secondary N) is 1. The molecule has 12 heteroatoms. The van der Waals surface area contributed by atoms with Crippen molar-refractivity contribution in [3.05, 3.63) is 75.6 Å². The Morgan fingerprint density at radius 3 is 2.68 bits per heavy atom. The molecule has 2 aromatic carbocycles. The van der Waals surface area contributed by atoms with Gasteiger partial charge in [0.05, 0.1) is 4.92 Å². The number of halogens is 1. The largest absolute Gasteiger partial charge is 0.454 e. The lowest BCUT2D eigenvalue weighted by Crippen LogP contribution is -2.47. The quantitative estimate of drug-likeness (QED) is 0.372. The summed E-state index contributed by atoms with van der Waals surface area (Å²) >= 11 is 1.38. The summed E-state index contributed by atoms with van der Waals surface area (Å²) in [6.45, 7) is -0.772. The van der Waals surface area contributed by atoms with Gasteiger partial charge in [0.2, 0.25) is 5.91 Å². The summed E-state index contributed by atoms with van der Waals surface area (Å²) in [5, 5.41) is 12.8. The summed E-state index contributed by atoms with van der Waals surface area (Å²) in [4.78, 5) is 60.4. The van der Waals surface area contributed by atoms with E-state index in [0.717, 1.165) is 6.07 Å². The van der Waals surface area contributed by atoms with Crippen LogP contribution in [0.2, 0.25) is 0 Å². The molecule has 0 aliphatic carbocycles. The molecule has 2 saturated heterocycles. The summed E-state index contributed by atoms with van der Waals surface area (Å²) in [5.41, 5.74) is 0.276. The molecule has 34 heavy (non-hydrogen) atoms. The van der Waals surface area contributed by atoms with Gasteiger partial charge in [-0.2, -0.15) is 0 Å². The van der Waals surface area contributed by atoms with E-state index < -0.39 is 46.0 Å². The lowest BCUT2D eigenvalue weighted by molar-refractivity contribution is -0.384. The normalized spacial score (nSPS) is 21.1. The van der Waals surface area contributed by atoms with Crippen molar-refractivity contribution in [2.24, 2.45) is 0 Å². The van der Waals surface area contributed by atoms with Gasteiger partial charge < -0.3 is 9.64 Å². The number of carbonyl (C=O) groups excluding carboxylic acids is 4. The van der Waals surface area contributed by atoms with Crippen LogP contribution in [0.15, 0.2) is 48.5 Å². The van der Waals surface area contributed by atoms with Crippen LogP contribution >= 0.6 is 11.8 Å². The number of hydrogen-bond donors (Lipinski definition) is 1. The van der Waals surface area contributed by atoms with Gasteiger partial charge in [-0.25, -0.2) is 9.18 Å². The third kappa shape index (κ3) is 4.36. The van der Waals surface area contributed by atoms with Crippen LogP contribution in [0.1, 0.15) is 28.8 Å². The first-order chi connectivity index (χ1) is 16.2. The second kappa shape index (κ2) is 9.21. The fourth-order valence-corrected chi connectivity index (χ4v) is 5.69. The second-order valence-electron chi connectivity index (χ2n) is 7.67. The number of rotatable bonds is 6.